The maximum atomic E-state index is 13.3. The predicted molar refractivity (Wildman–Crippen MR) is 79.7 cm³/mol. The minimum atomic E-state index is -0.885. The molecule has 1 amide bonds. The summed E-state index contributed by atoms with van der Waals surface area (Å²) in [6.45, 7) is 3.07. The molecule has 1 aliphatic heterocycles. The number of halogens is 1. The second kappa shape index (κ2) is 5.70. The molecule has 1 aromatic carbocycles. The number of fused-ring (bicyclic) bond motifs is 1. The monoisotopic (exact) mass is 306 g/mol. The summed E-state index contributed by atoms with van der Waals surface area (Å²) in [4.78, 5) is 12.3. The molecule has 22 heavy (non-hydrogen) atoms. The molecule has 0 bridgehead atoms. The molecule has 1 saturated heterocycles. The van der Waals surface area contributed by atoms with Crippen LogP contribution in [0.25, 0.3) is 11.0 Å². The van der Waals surface area contributed by atoms with Crippen molar-refractivity contribution in [2.45, 2.75) is 31.8 Å². The van der Waals surface area contributed by atoms with Crippen molar-refractivity contribution in [3.05, 3.63) is 35.3 Å². The topological polar surface area (TPSA) is 77.5 Å². The molecule has 1 aliphatic rings. The molecule has 0 saturated carbocycles. The Morgan fingerprint density at radius 2 is 2.14 bits per heavy atom. The van der Waals surface area contributed by atoms with Gasteiger partial charge < -0.3 is 20.2 Å². The number of hydrogen-bond donors (Lipinski definition) is 2. The highest BCUT2D eigenvalue weighted by Gasteiger charge is 2.35. The van der Waals surface area contributed by atoms with Crippen LogP contribution < -0.4 is 11.1 Å². The molecule has 5 nitrogen and oxygen atoms in total. The van der Waals surface area contributed by atoms with Gasteiger partial charge in [-0.1, -0.05) is 0 Å². The van der Waals surface area contributed by atoms with Gasteiger partial charge in [0.15, 0.2) is 0 Å². The van der Waals surface area contributed by atoms with Crippen LogP contribution in [0.15, 0.2) is 22.6 Å². The normalized spacial score (nSPS) is 17.6. The number of ether oxygens (including phenoxy) is 1. The Labute approximate surface area is 127 Å². The number of rotatable bonds is 3. The quantitative estimate of drug-likeness (QED) is 0.909. The molecule has 3 N–H and O–H groups in total. The third-order valence-corrected chi connectivity index (χ3v) is 4.24. The van der Waals surface area contributed by atoms with Crippen LogP contribution >= 0.6 is 0 Å². The van der Waals surface area contributed by atoms with Gasteiger partial charge in [0.05, 0.1) is 12.1 Å². The average molecular weight is 306 g/mol. The molecule has 6 heteroatoms. The van der Waals surface area contributed by atoms with Crippen LogP contribution in [0.5, 0.6) is 0 Å². The van der Waals surface area contributed by atoms with Gasteiger partial charge >= 0.3 is 0 Å². The summed E-state index contributed by atoms with van der Waals surface area (Å²) in [6, 6.07) is 4.37. The summed E-state index contributed by atoms with van der Waals surface area (Å²) in [5.41, 5.74) is 6.68. The van der Waals surface area contributed by atoms with Gasteiger partial charge in [0.2, 0.25) is 5.91 Å². The summed E-state index contributed by atoms with van der Waals surface area (Å²) < 4.78 is 24.2. The van der Waals surface area contributed by atoms with Crippen molar-refractivity contribution in [2.75, 3.05) is 13.2 Å². The fourth-order valence-electron chi connectivity index (χ4n) is 2.71. The van der Waals surface area contributed by atoms with E-state index in [4.69, 9.17) is 14.9 Å². The van der Waals surface area contributed by atoms with Crippen LogP contribution in [-0.4, -0.2) is 24.7 Å². The van der Waals surface area contributed by atoms with Crippen LogP contribution in [0, 0.1) is 12.7 Å². The lowest BCUT2D eigenvalue weighted by atomic mass is 9.90. The Balaban J connectivity index is 1.73. The molecule has 0 spiro atoms. The van der Waals surface area contributed by atoms with Gasteiger partial charge in [-0.25, -0.2) is 4.39 Å². The second-order valence-corrected chi connectivity index (χ2v) is 5.74. The van der Waals surface area contributed by atoms with Crippen molar-refractivity contribution in [2.24, 2.45) is 5.73 Å². The number of furan rings is 1. The fraction of sp³-hybridized carbons (Fsp3) is 0.438. The Hall–Kier alpha value is -1.92. The maximum Gasteiger partial charge on any atom is 0.240 e. The van der Waals surface area contributed by atoms with Gasteiger partial charge in [0, 0.05) is 24.2 Å². The number of benzene rings is 1. The first-order chi connectivity index (χ1) is 10.5. The summed E-state index contributed by atoms with van der Waals surface area (Å²) >= 11 is 0. The average Bonchev–Trinajstić information content (AvgIpc) is 2.82. The van der Waals surface area contributed by atoms with Crippen LogP contribution in [0.1, 0.15) is 24.2 Å². The van der Waals surface area contributed by atoms with E-state index in [1.54, 1.807) is 6.07 Å². The van der Waals surface area contributed by atoms with Gasteiger partial charge in [0.1, 0.15) is 17.2 Å². The van der Waals surface area contributed by atoms with Crippen LogP contribution in [-0.2, 0) is 16.1 Å². The Kier molecular flexibility index (Phi) is 3.88. The first kappa shape index (κ1) is 15.0. The van der Waals surface area contributed by atoms with Crippen molar-refractivity contribution in [1.82, 2.24) is 5.32 Å². The van der Waals surface area contributed by atoms with E-state index in [9.17, 15) is 9.18 Å². The van der Waals surface area contributed by atoms with E-state index in [2.05, 4.69) is 5.32 Å². The van der Waals surface area contributed by atoms with Gasteiger partial charge in [-0.15, -0.1) is 0 Å². The lowest BCUT2D eigenvalue weighted by molar-refractivity contribution is -0.130. The molecule has 3 rings (SSSR count). The van der Waals surface area contributed by atoms with E-state index in [-0.39, 0.29) is 18.3 Å². The Morgan fingerprint density at radius 3 is 2.86 bits per heavy atom. The van der Waals surface area contributed by atoms with Crippen LogP contribution in [0.4, 0.5) is 4.39 Å². The molecular weight excluding hydrogens is 287 g/mol. The van der Waals surface area contributed by atoms with Crippen molar-refractivity contribution >= 4 is 16.9 Å². The van der Waals surface area contributed by atoms with E-state index < -0.39 is 5.54 Å². The SMILES string of the molecule is Cc1c(CNC(=O)C2(N)CCOCC2)oc2ccc(F)cc12. The molecule has 0 radical (unpaired) electrons. The van der Waals surface area contributed by atoms with Gasteiger partial charge in [-0.2, -0.15) is 0 Å². The first-order valence-corrected chi connectivity index (χ1v) is 7.32. The van der Waals surface area contributed by atoms with Crippen molar-refractivity contribution in [1.29, 1.82) is 0 Å². The first-order valence-electron chi connectivity index (χ1n) is 7.32. The summed E-state index contributed by atoms with van der Waals surface area (Å²) in [5.74, 6) is 0.0987. The van der Waals surface area contributed by atoms with Crippen LogP contribution in [0.2, 0.25) is 0 Å². The van der Waals surface area contributed by atoms with Crippen molar-refractivity contribution in [3.8, 4) is 0 Å². The van der Waals surface area contributed by atoms with E-state index in [0.29, 0.717) is 37.4 Å². The van der Waals surface area contributed by atoms with Crippen molar-refractivity contribution < 1.29 is 18.3 Å². The summed E-state index contributed by atoms with van der Waals surface area (Å²) in [6.07, 6.45) is 1.01. The number of aryl methyl sites for hydroxylation is 1. The summed E-state index contributed by atoms with van der Waals surface area (Å²) in [7, 11) is 0. The lowest BCUT2D eigenvalue weighted by Crippen LogP contribution is -2.56. The number of hydrogen-bond acceptors (Lipinski definition) is 4. The maximum absolute atomic E-state index is 13.3. The zero-order valence-corrected chi connectivity index (χ0v) is 12.4. The highest BCUT2D eigenvalue weighted by Crippen LogP contribution is 2.26. The highest BCUT2D eigenvalue weighted by atomic mass is 19.1. The van der Waals surface area contributed by atoms with Gasteiger partial charge in [-0.3, -0.25) is 4.79 Å². The molecule has 1 fully saturated rings. The van der Waals surface area contributed by atoms with E-state index in [1.165, 1.54) is 12.1 Å². The van der Waals surface area contributed by atoms with Crippen LogP contribution in [0.3, 0.4) is 0 Å². The predicted octanol–water partition coefficient (Wildman–Crippen LogP) is 2.00. The van der Waals surface area contributed by atoms with Gasteiger partial charge in [0.25, 0.3) is 0 Å². The smallest absolute Gasteiger partial charge is 0.240 e. The third-order valence-electron chi connectivity index (χ3n) is 4.24. The van der Waals surface area contributed by atoms with Crippen molar-refractivity contribution in [3.63, 3.8) is 0 Å². The number of amides is 1. The molecule has 2 heterocycles. The molecule has 0 aliphatic carbocycles. The molecule has 2 aromatic rings. The van der Waals surface area contributed by atoms with E-state index >= 15 is 0 Å². The standard InChI is InChI=1S/C16H19FN2O3/c1-10-12-8-11(17)2-3-13(12)22-14(10)9-19-15(20)16(18)4-6-21-7-5-16/h2-3,8H,4-7,9,18H2,1H3,(H,19,20). The highest BCUT2D eigenvalue weighted by molar-refractivity contribution is 5.86. The third kappa shape index (κ3) is 2.71. The Morgan fingerprint density at radius 1 is 1.41 bits per heavy atom. The Bertz CT molecular complexity index is 705. The van der Waals surface area contributed by atoms with E-state index in [0.717, 1.165) is 10.9 Å². The molecule has 0 unspecified atom stereocenters. The van der Waals surface area contributed by atoms with Gasteiger partial charge in [-0.05, 0) is 38.0 Å². The number of carbonyl (C=O) groups excluding carboxylic acids is 1. The zero-order chi connectivity index (χ0) is 15.7. The molecular formula is C16H19FN2O3. The molecule has 1 aromatic heterocycles. The molecule has 0 atom stereocenters. The minimum absolute atomic E-state index is 0.207. The minimum Gasteiger partial charge on any atom is -0.459 e. The number of nitrogens with one attached hydrogen (secondary N) is 1. The molecule has 118 valence electrons. The number of nitrogens with two attached hydrogens (primary N) is 1. The summed E-state index contributed by atoms with van der Waals surface area (Å²) in [5, 5.41) is 3.54. The second-order valence-electron chi connectivity index (χ2n) is 5.74. The fourth-order valence-corrected chi connectivity index (χ4v) is 2.71. The lowest BCUT2D eigenvalue weighted by Gasteiger charge is -2.31. The number of carbonyl (C=O) groups is 1. The zero-order valence-electron chi connectivity index (χ0n) is 12.4. The largest absolute Gasteiger partial charge is 0.459 e. The van der Waals surface area contributed by atoms with E-state index in [1.807, 2.05) is 6.92 Å².